The predicted octanol–water partition coefficient (Wildman–Crippen LogP) is 6.16. The first-order valence-corrected chi connectivity index (χ1v) is 8.55. The van der Waals surface area contributed by atoms with Crippen molar-refractivity contribution >= 4 is 18.3 Å². The quantitative estimate of drug-likeness (QED) is 0.332. The average molecular weight is 316 g/mol. The fraction of sp³-hybridized carbons (Fsp3) is 0.400. The molecule has 0 fully saturated rings. The number of aryl methyl sites for hydroxylation is 2. The second-order valence-corrected chi connectivity index (χ2v) is 6.17. The Hall–Kier alpha value is -1.41. The van der Waals surface area contributed by atoms with Gasteiger partial charge < -0.3 is 5.32 Å². The number of nitrogens with one attached hydrogen (secondary N) is 1. The summed E-state index contributed by atoms with van der Waals surface area (Å²) in [5.41, 5.74) is 7.11. The van der Waals surface area contributed by atoms with E-state index < -0.39 is 0 Å². The number of allylic oxidation sites excluding steroid dienone is 2. The fourth-order valence-corrected chi connectivity index (χ4v) is 2.45. The molecule has 0 spiro atoms. The molecule has 0 radical (unpaired) electrons. The van der Waals surface area contributed by atoms with E-state index in [1.165, 1.54) is 36.0 Å². The first-order valence-electron chi connectivity index (χ1n) is 8.03. The van der Waals surface area contributed by atoms with Gasteiger partial charge in [-0.15, -0.1) is 0 Å². The molecule has 0 saturated carbocycles. The molecule has 1 aromatic rings. The predicted molar refractivity (Wildman–Crippen MR) is 103 cm³/mol. The van der Waals surface area contributed by atoms with Crippen molar-refractivity contribution in [2.24, 2.45) is 0 Å². The van der Waals surface area contributed by atoms with Crippen LogP contribution in [0.15, 0.2) is 47.5 Å². The second-order valence-electron chi connectivity index (χ2n) is 5.87. The van der Waals surface area contributed by atoms with Crippen molar-refractivity contribution in [3.05, 3.63) is 64.2 Å². The van der Waals surface area contributed by atoms with Crippen molar-refractivity contribution in [2.45, 2.75) is 53.4 Å². The molecule has 0 heterocycles. The van der Waals surface area contributed by atoms with Gasteiger partial charge in [0.1, 0.15) is 0 Å². The van der Waals surface area contributed by atoms with Gasteiger partial charge in [0.25, 0.3) is 0 Å². The minimum Gasteiger partial charge on any atom is -0.356 e. The summed E-state index contributed by atoms with van der Waals surface area (Å²) in [5.74, 6) is 0. The van der Waals surface area contributed by atoms with Gasteiger partial charge in [-0.05, 0) is 73.4 Å². The molecule has 0 aliphatic carbocycles. The molecule has 0 unspecified atom stereocenters. The van der Waals surface area contributed by atoms with E-state index in [2.05, 4.69) is 70.4 Å². The summed E-state index contributed by atoms with van der Waals surface area (Å²) in [5, 5.41) is 5.23. The molecule has 0 aliphatic rings. The topological polar surface area (TPSA) is 12.0 Å². The van der Waals surface area contributed by atoms with E-state index in [1.807, 2.05) is 6.08 Å². The van der Waals surface area contributed by atoms with Gasteiger partial charge in [-0.25, -0.2) is 0 Å². The Labute approximate surface area is 141 Å². The van der Waals surface area contributed by atoms with Gasteiger partial charge in [0.15, 0.2) is 0 Å². The Morgan fingerprint density at radius 2 is 1.95 bits per heavy atom. The Bertz CT molecular complexity index is 567. The molecule has 1 nitrogen and oxygen atoms in total. The SMILES string of the molecule is C=C(NC(/C=C\S)=C(/C)CCCCC)c1ccc(C)c(C)c1. The van der Waals surface area contributed by atoms with Crippen LogP contribution in [0.25, 0.3) is 5.70 Å². The Morgan fingerprint density at radius 1 is 1.23 bits per heavy atom. The lowest BCUT2D eigenvalue weighted by atomic mass is 10.0. The third-order valence-electron chi connectivity index (χ3n) is 4.00. The van der Waals surface area contributed by atoms with Gasteiger partial charge in [0.05, 0.1) is 0 Å². The van der Waals surface area contributed by atoms with E-state index in [9.17, 15) is 0 Å². The molecular formula is C20H29NS. The van der Waals surface area contributed by atoms with Gasteiger partial charge in [-0.3, -0.25) is 0 Å². The van der Waals surface area contributed by atoms with Crippen molar-refractivity contribution in [2.75, 3.05) is 0 Å². The van der Waals surface area contributed by atoms with Crippen molar-refractivity contribution < 1.29 is 0 Å². The van der Waals surface area contributed by atoms with E-state index in [4.69, 9.17) is 0 Å². The normalized spacial score (nSPS) is 12.4. The summed E-state index contributed by atoms with van der Waals surface area (Å²) in [4.78, 5) is 0. The van der Waals surface area contributed by atoms with Crippen molar-refractivity contribution in [3.8, 4) is 0 Å². The molecule has 2 heteroatoms. The van der Waals surface area contributed by atoms with Gasteiger partial charge in [0.2, 0.25) is 0 Å². The Morgan fingerprint density at radius 3 is 2.55 bits per heavy atom. The smallest absolute Gasteiger partial charge is 0.0384 e. The summed E-state index contributed by atoms with van der Waals surface area (Å²) in [6, 6.07) is 6.44. The molecule has 120 valence electrons. The highest BCUT2D eigenvalue weighted by Crippen LogP contribution is 2.19. The van der Waals surface area contributed by atoms with Crippen LogP contribution >= 0.6 is 12.6 Å². The van der Waals surface area contributed by atoms with Crippen molar-refractivity contribution in [3.63, 3.8) is 0 Å². The first-order chi connectivity index (χ1) is 10.5. The lowest BCUT2D eigenvalue weighted by Crippen LogP contribution is -2.11. The molecule has 1 aromatic carbocycles. The molecule has 1 N–H and O–H groups in total. The summed E-state index contributed by atoms with van der Waals surface area (Å²) >= 11 is 4.22. The molecule has 0 amide bonds. The summed E-state index contributed by atoms with van der Waals surface area (Å²) in [7, 11) is 0. The van der Waals surface area contributed by atoms with Gasteiger partial charge in [-0.2, -0.15) is 12.6 Å². The summed E-state index contributed by atoms with van der Waals surface area (Å²) in [6.45, 7) is 12.9. The summed E-state index contributed by atoms with van der Waals surface area (Å²) in [6.07, 6.45) is 6.86. The maximum absolute atomic E-state index is 4.22. The Kier molecular flexibility index (Phi) is 8.11. The third-order valence-corrected chi connectivity index (χ3v) is 4.15. The van der Waals surface area contributed by atoms with Crippen LogP contribution in [0.2, 0.25) is 0 Å². The van der Waals surface area contributed by atoms with E-state index in [1.54, 1.807) is 5.41 Å². The van der Waals surface area contributed by atoms with Crippen LogP contribution < -0.4 is 5.32 Å². The van der Waals surface area contributed by atoms with Crippen molar-refractivity contribution in [1.82, 2.24) is 5.32 Å². The zero-order chi connectivity index (χ0) is 16.5. The fourth-order valence-electron chi connectivity index (χ4n) is 2.30. The molecule has 0 atom stereocenters. The van der Waals surface area contributed by atoms with Gasteiger partial charge in [-0.1, -0.05) is 38.5 Å². The van der Waals surface area contributed by atoms with Crippen LogP contribution in [0, 0.1) is 13.8 Å². The standard InChI is InChI=1S/C20H29NS/c1-6-7-8-9-16(3)20(12-13-22)21-18(5)19-11-10-15(2)17(4)14-19/h10-14,21-22H,5-9H2,1-4H3/b13-12-,20-16-. The lowest BCUT2D eigenvalue weighted by Gasteiger charge is -2.15. The van der Waals surface area contributed by atoms with Gasteiger partial charge in [0, 0.05) is 11.4 Å². The molecule has 0 bridgehead atoms. The highest BCUT2D eigenvalue weighted by Gasteiger charge is 2.05. The van der Waals surface area contributed by atoms with Crippen LogP contribution in [0.5, 0.6) is 0 Å². The average Bonchev–Trinajstić information content (AvgIpc) is 2.49. The van der Waals surface area contributed by atoms with E-state index in [-0.39, 0.29) is 0 Å². The maximum atomic E-state index is 4.22. The molecule has 0 aromatic heterocycles. The lowest BCUT2D eigenvalue weighted by molar-refractivity contribution is 0.708. The van der Waals surface area contributed by atoms with Crippen LogP contribution in [-0.2, 0) is 0 Å². The highest BCUT2D eigenvalue weighted by atomic mass is 32.1. The van der Waals surface area contributed by atoms with Gasteiger partial charge >= 0.3 is 0 Å². The van der Waals surface area contributed by atoms with E-state index >= 15 is 0 Å². The molecule has 0 saturated heterocycles. The number of benzene rings is 1. The second kappa shape index (κ2) is 9.58. The zero-order valence-corrected chi connectivity index (χ0v) is 15.3. The van der Waals surface area contributed by atoms with Crippen LogP contribution in [0.1, 0.15) is 56.2 Å². The monoisotopic (exact) mass is 315 g/mol. The zero-order valence-electron chi connectivity index (χ0n) is 14.4. The third kappa shape index (κ3) is 5.76. The highest BCUT2D eigenvalue weighted by molar-refractivity contribution is 7.83. The van der Waals surface area contributed by atoms with E-state index in [0.717, 1.165) is 23.4 Å². The molecule has 1 rings (SSSR count). The number of hydrogen-bond acceptors (Lipinski definition) is 2. The largest absolute Gasteiger partial charge is 0.356 e. The van der Waals surface area contributed by atoms with Crippen LogP contribution in [0.4, 0.5) is 0 Å². The number of thiol groups is 1. The number of rotatable bonds is 8. The minimum absolute atomic E-state index is 0.930. The Balaban J connectivity index is 2.87. The molecule has 22 heavy (non-hydrogen) atoms. The minimum atomic E-state index is 0.930. The number of unbranched alkanes of at least 4 members (excludes halogenated alkanes) is 2. The first kappa shape index (κ1) is 18.6. The maximum Gasteiger partial charge on any atom is 0.0384 e. The van der Waals surface area contributed by atoms with Crippen LogP contribution in [0.3, 0.4) is 0 Å². The number of hydrogen-bond donors (Lipinski definition) is 2. The van der Waals surface area contributed by atoms with E-state index in [0.29, 0.717) is 0 Å². The van der Waals surface area contributed by atoms with Crippen molar-refractivity contribution in [1.29, 1.82) is 0 Å². The van der Waals surface area contributed by atoms with Crippen LogP contribution in [-0.4, -0.2) is 0 Å². The summed E-state index contributed by atoms with van der Waals surface area (Å²) < 4.78 is 0. The molecule has 0 aliphatic heterocycles. The molecular weight excluding hydrogens is 286 g/mol.